The number of anilines is 1. The van der Waals surface area contributed by atoms with Gasteiger partial charge in [0.15, 0.2) is 6.21 Å². The van der Waals surface area contributed by atoms with E-state index in [0.717, 1.165) is 73.4 Å². The Morgan fingerprint density at radius 1 is 1.27 bits per heavy atom. The van der Waals surface area contributed by atoms with Gasteiger partial charge in [0, 0.05) is 73.4 Å². The quantitative estimate of drug-likeness (QED) is 0.418. The van der Waals surface area contributed by atoms with Gasteiger partial charge < -0.3 is 26.2 Å². The monoisotopic (exact) mass is 513 g/mol. The first-order chi connectivity index (χ1) is 17.8. The van der Waals surface area contributed by atoms with Crippen molar-refractivity contribution in [3.63, 3.8) is 0 Å². The number of fused-ring (bicyclic) bond motifs is 1. The maximum absolute atomic E-state index is 14.3. The van der Waals surface area contributed by atoms with Crippen molar-refractivity contribution < 1.29 is 18.6 Å². The summed E-state index contributed by atoms with van der Waals surface area (Å²) >= 11 is 0. The molecule has 9 heteroatoms. The Labute approximate surface area is 218 Å². The molecule has 1 aromatic carbocycles. The molecule has 3 aliphatic heterocycles. The SMILES string of the molecule is C=C(C1=C(NC2CCNCC2)CCN(C(C)=O)C1)N1CCCc2cc(/C(C=[NH+]C)=C/N)c(C(F)F)cc21. The molecule has 0 aromatic heterocycles. The first kappa shape index (κ1) is 26.9. The molecular formula is C28H39F2N6O+. The van der Waals surface area contributed by atoms with Gasteiger partial charge in [-0.2, -0.15) is 0 Å². The van der Waals surface area contributed by atoms with Gasteiger partial charge in [-0.25, -0.2) is 8.78 Å². The lowest BCUT2D eigenvalue weighted by atomic mass is 9.91. The molecule has 37 heavy (non-hydrogen) atoms. The second kappa shape index (κ2) is 11.9. The average Bonchev–Trinajstić information content (AvgIpc) is 2.90. The van der Waals surface area contributed by atoms with E-state index in [1.807, 2.05) is 11.0 Å². The lowest BCUT2D eigenvalue weighted by Gasteiger charge is -2.39. The van der Waals surface area contributed by atoms with Gasteiger partial charge in [0.1, 0.15) is 7.05 Å². The minimum atomic E-state index is -2.66. The Morgan fingerprint density at radius 3 is 2.68 bits per heavy atom. The van der Waals surface area contributed by atoms with Crippen LogP contribution in [0.15, 0.2) is 41.9 Å². The summed E-state index contributed by atoms with van der Waals surface area (Å²) in [6, 6.07) is 3.81. The molecule has 1 amide bonds. The third kappa shape index (κ3) is 5.87. The number of hydrogen-bond donors (Lipinski definition) is 4. The lowest BCUT2D eigenvalue weighted by molar-refractivity contribution is -0.412. The highest BCUT2D eigenvalue weighted by Gasteiger charge is 2.30. The highest BCUT2D eigenvalue weighted by Crippen LogP contribution is 2.39. The highest BCUT2D eigenvalue weighted by molar-refractivity contribution is 6.07. The number of hydrogen-bond acceptors (Lipinski definition) is 5. The Kier molecular flexibility index (Phi) is 8.63. The van der Waals surface area contributed by atoms with E-state index in [1.165, 1.54) is 6.20 Å². The zero-order valence-corrected chi connectivity index (χ0v) is 21.9. The molecule has 3 aliphatic rings. The van der Waals surface area contributed by atoms with E-state index < -0.39 is 6.43 Å². The second-order valence-electron chi connectivity index (χ2n) is 9.94. The molecule has 0 unspecified atom stereocenters. The Bertz CT molecular complexity index is 1120. The number of rotatable bonds is 7. The van der Waals surface area contributed by atoms with Gasteiger partial charge in [0.05, 0.1) is 5.57 Å². The van der Waals surface area contributed by atoms with Crippen molar-refractivity contribution in [1.82, 2.24) is 15.5 Å². The number of nitrogens with two attached hydrogens (primary N) is 1. The molecule has 1 saturated heterocycles. The lowest BCUT2D eigenvalue weighted by Crippen LogP contribution is -2.63. The molecule has 1 aromatic rings. The molecular weight excluding hydrogens is 474 g/mol. The largest absolute Gasteiger partial charge is 0.404 e. The van der Waals surface area contributed by atoms with Crippen LogP contribution in [0.1, 0.15) is 55.7 Å². The number of amides is 1. The summed E-state index contributed by atoms with van der Waals surface area (Å²) in [7, 11) is 1.72. The fourth-order valence-corrected chi connectivity index (χ4v) is 5.56. The molecule has 0 spiro atoms. The third-order valence-corrected chi connectivity index (χ3v) is 7.58. The predicted molar refractivity (Wildman–Crippen MR) is 144 cm³/mol. The number of piperidine rings is 1. The van der Waals surface area contributed by atoms with E-state index in [9.17, 15) is 13.6 Å². The van der Waals surface area contributed by atoms with Crippen LogP contribution in [-0.2, 0) is 11.2 Å². The van der Waals surface area contributed by atoms with Crippen molar-refractivity contribution in [2.24, 2.45) is 5.73 Å². The number of nitrogens with one attached hydrogen (secondary N) is 3. The van der Waals surface area contributed by atoms with Gasteiger partial charge in [-0.3, -0.25) is 9.79 Å². The molecule has 0 bridgehead atoms. The first-order valence-electron chi connectivity index (χ1n) is 13.1. The Balaban J connectivity index is 1.73. The van der Waals surface area contributed by atoms with Gasteiger partial charge in [-0.1, -0.05) is 6.58 Å². The van der Waals surface area contributed by atoms with Crippen LogP contribution in [-0.4, -0.2) is 62.8 Å². The summed E-state index contributed by atoms with van der Waals surface area (Å²) in [6.07, 6.45) is 4.78. The van der Waals surface area contributed by atoms with Gasteiger partial charge in [0.2, 0.25) is 5.91 Å². The van der Waals surface area contributed by atoms with Crippen LogP contribution in [0.4, 0.5) is 14.5 Å². The van der Waals surface area contributed by atoms with Crippen molar-refractivity contribution in [1.29, 1.82) is 0 Å². The summed E-state index contributed by atoms with van der Waals surface area (Å²) in [4.78, 5) is 19.1. The van der Waals surface area contributed by atoms with Crippen molar-refractivity contribution >= 4 is 23.4 Å². The standard InChI is InChI=1S/C28H38F2N6O/c1-18(25-17-35(19(2)37)12-8-26(25)34-22-6-9-33-10-7-22)36-11-4-5-20-13-23(21(15-31)16-32-3)24(28(29)30)14-27(20)36/h13-16,22,28,33-34H,1,4-12,17,31H2,2-3H3/p+1/b21-15+,32-16?. The van der Waals surface area contributed by atoms with E-state index >= 15 is 0 Å². The van der Waals surface area contributed by atoms with E-state index in [1.54, 1.807) is 26.3 Å². The average molecular weight is 514 g/mol. The summed E-state index contributed by atoms with van der Waals surface area (Å²) < 4.78 is 28.5. The number of alkyl halides is 2. The summed E-state index contributed by atoms with van der Waals surface area (Å²) in [5.74, 6) is 0.0248. The number of halogens is 2. The highest BCUT2D eigenvalue weighted by atomic mass is 19.3. The van der Waals surface area contributed by atoms with Crippen LogP contribution in [0.5, 0.6) is 0 Å². The molecule has 200 valence electrons. The van der Waals surface area contributed by atoms with Crippen LogP contribution in [0, 0.1) is 0 Å². The fraction of sp³-hybridized carbons (Fsp3) is 0.500. The Morgan fingerprint density at radius 2 is 2.03 bits per heavy atom. The van der Waals surface area contributed by atoms with Gasteiger partial charge in [-0.15, -0.1) is 0 Å². The minimum Gasteiger partial charge on any atom is -0.404 e. The topological polar surface area (TPSA) is 87.6 Å². The van der Waals surface area contributed by atoms with Gasteiger partial charge in [-0.05, 0) is 62.0 Å². The van der Waals surface area contributed by atoms with Crippen LogP contribution in [0.3, 0.4) is 0 Å². The molecule has 0 atom stereocenters. The van der Waals surface area contributed by atoms with Gasteiger partial charge in [0.25, 0.3) is 6.43 Å². The van der Waals surface area contributed by atoms with E-state index in [4.69, 9.17) is 5.73 Å². The zero-order valence-electron chi connectivity index (χ0n) is 21.9. The second-order valence-corrected chi connectivity index (χ2v) is 9.94. The van der Waals surface area contributed by atoms with E-state index in [2.05, 4.69) is 27.1 Å². The number of benzene rings is 1. The maximum Gasteiger partial charge on any atom is 0.264 e. The fourth-order valence-electron chi connectivity index (χ4n) is 5.56. The maximum atomic E-state index is 14.3. The zero-order chi connectivity index (χ0) is 26.5. The first-order valence-corrected chi connectivity index (χ1v) is 13.1. The van der Waals surface area contributed by atoms with Crippen molar-refractivity contribution in [2.45, 2.75) is 51.5 Å². The number of allylic oxidation sites excluding steroid dienone is 1. The molecule has 0 radical (unpaired) electrons. The van der Waals surface area contributed by atoms with Crippen LogP contribution < -0.4 is 26.3 Å². The minimum absolute atomic E-state index is 0.0248. The number of carbonyl (C=O) groups is 1. The predicted octanol–water partition coefficient (Wildman–Crippen LogP) is 1.82. The van der Waals surface area contributed by atoms with Gasteiger partial charge >= 0.3 is 0 Å². The molecule has 0 aliphatic carbocycles. The summed E-state index contributed by atoms with van der Waals surface area (Å²) in [5, 5.41) is 7.14. The smallest absolute Gasteiger partial charge is 0.264 e. The van der Waals surface area contributed by atoms with Crippen LogP contribution in [0.25, 0.3) is 5.57 Å². The molecule has 3 heterocycles. The van der Waals surface area contributed by atoms with Crippen molar-refractivity contribution in [3.05, 3.63) is 58.6 Å². The summed E-state index contributed by atoms with van der Waals surface area (Å²) in [5.41, 5.74) is 11.3. The molecule has 0 saturated carbocycles. The van der Waals surface area contributed by atoms with Crippen LogP contribution >= 0.6 is 0 Å². The normalized spacial score (nSPS) is 19.5. The van der Waals surface area contributed by atoms with Crippen LogP contribution in [0.2, 0.25) is 0 Å². The third-order valence-electron chi connectivity index (χ3n) is 7.58. The molecule has 7 nitrogen and oxygen atoms in total. The van der Waals surface area contributed by atoms with Crippen molar-refractivity contribution in [3.8, 4) is 0 Å². The summed E-state index contributed by atoms with van der Waals surface area (Å²) in [6.45, 7) is 9.80. The Hall–Kier alpha value is -3.20. The molecule has 4 rings (SSSR count). The molecule has 5 N–H and O–H groups in total. The number of nitrogens with zero attached hydrogens (tertiary/aromatic N) is 2. The van der Waals surface area contributed by atoms with Crippen molar-refractivity contribution in [2.75, 3.05) is 44.7 Å². The van der Waals surface area contributed by atoms with E-state index in [0.29, 0.717) is 36.8 Å². The number of carbonyl (C=O) groups excluding carboxylic acids is 1. The number of aryl methyl sites for hydroxylation is 1. The molecule has 1 fully saturated rings. The van der Waals surface area contributed by atoms with E-state index in [-0.39, 0.29) is 11.5 Å².